The van der Waals surface area contributed by atoms with E-state index in [1.54, 1.807) is 0 Å². The van der Waals surface area contributed by atoms with Gasteiger partial charge in [-0.2, -0.15) is 0 Å². The lowest BCUT2D eigenvalue weighted by Crippen LogP contribution is -2.59. The number of H-pyrrole nitrogens is 1. The minimum Gasteiger partial charge on any atom is -0.480 e. The maximum Gasteiger partial charge on any atom is 0.329 e. The molecule has 2 aliphatic rings. The largest absolute Gasteiger partial charge is 0.480 e. The normalized spacial score (nSPS) is 20.7. The van der Waals surface area contributed by atoms with Gasteiger partial charge in [0, 0.05) is 17.7 Å². The van der Waals surface area contributed by atoms with Gasteiger partial charge in [0.1, 0.15) is 11.1 Å². The molecule has 128 valence electrons. The Bertz CT molecular complexity index is 802. The summed E-state index contributed by atoms with van der Waals surface area (Å²) in [5.41, 5.74) is -1.47. The maximum atomic E-state index is 12.4. The minimum atomic E-state index is -1.30. The number of carbonyl (C=O) groups excluding carboxylic acids is 2. The zero-order chi connectivity index (χ0) is 17.7. The van der Waals surface area contributed by atoms with E-state index in [-0.39, 0.29) is 16.8 Å². The third-order valence-corrected chi connectivity index (χ3v) is 4.93. The van der Waals surface area contributed by atoms with Crippen molar-refractivity contribution in [2.45, 2.75) is 51.5 Å². The number of hydrogen-bond acceptors (Lipinski definition) is 4. The molecule has 7 heteroatoms. The molecule has 24 heavy (non-hydrogen) atoms. The standard InChI is InChI=1S/C17H20N2O5/c1-16(2)7-11-9(12(20)8-16)6-10(13(21)18-11)14(22)19-17(15(23)24)4-3-5-17/h6H,3-5,7-8H2,1-2H3,(H,18,21)(H,19,22)(H,23,24). The fourth-order valence-electron chi connectivity index (χ4n) is 3.40. The summed E-state index contributed by atoms with van der Waals surface area (Å²) in [4.78, 5) is 50.9. The smallest absolute Gasteiger partial charge is 0.329 e. The number of rotatable bonds is 3. The van der Waals surface area contributed by atoms with Crippen molar-refractivity contribution in [3.63, 3.8) is 0 Å². The van der Waals surface area contributed by atoms with E-state index in [1.165, 1.54) is 6.07 Å². The molecule has 3 rings (SSSR count). The molecule has 1 aromatic heterocycles. The molecule has 7 nitrogen and oxygen atoms in total. The number of Topliss-reactive ketones (excluding diaryl/α,β-unsaturated/α-hetero) is 1. The fourth-order valence-corrected chi connectivity index (χ4v) is 3.40. The molecule has 0 radical (unpaired) electrons. The van der Waals surface area contributed by atoms with E-state index >= 15 is 0 Å². The fraction of sp³-hybridized carbons (Fsp3) is 0.529. The number of carbonyl (C=O) groups is 3. The topological polar surface area (TPSA) is 116 Å². The van der Waals surface area contributed by atoms with Crippen molar-refractivity contribution >= 4 is 17.7 Å². The molecule has 1 aromatic rings. The monoisotopic (exact) mass is 332 g/mol. The summed E-state index contributed by atoms with van der Waals surface area (Å²) in [5.74, 6) is -1.98. The number of pyridine rings is 1. The number of amides is 1. The highest BCUT2D eigenvalue weighted by atomic mass is 16.4. The molecule has 1 saturated carbocycles. The molecule has 1 fully saturated rings. The lowest BCUT2D eigenvalue weighted by atomic mass is 9.75. The molecule has 1 amide bonds. The summed E-state index contributed by atoms with van der Waals surface area (Å²) in [7, 11) is 0. The zero-order valence-electron chi connectivity index (χ0n) is 13.7. The number of carboxylic acids is 1. The van der Waals surface area contributed by atoms with Gasteiger partial charge >= 0.3 is 5.97 Å². The number of hydrogen-bond donors (Lipinski definition) is 3. The van der Waals surface area contributed by atoms with Crippen LogP contribution in [-0.2, 0) is 11.2 Å². The van der Waals surface area contributed by atoms with Crippen molar-refractivity contribution in [1.29, 1.82) is 0 Å². The second-order valence-electron chi connectivity index (χ2n) is 7.54. The number of ketones is 1. The van der Waals surface area contributed by atoms with Crippen LogP contribution < -0.4 is 10.9 Å². The van der Waals surface area contributed by atoms with Crippen LogP contribution in [0.15, 0.2) is 10.9 Å². The van der Waals surface area contributed by atoms with Gasteiger partial charge in [0.05, 0.1) is 0 Å². The van der Waals surface area contributed by atoms with E-state index < -0.39 is 23.0 Å². The van der Waals surface area contributed by atoms with Gasteiger partial charge in [-0.15, -0.1) is 0 Å². The molecule has 0 spiro atoms. The van der Waals surface area contributed by atoms with Crippen molar-refractivity contribution < 1.29 is 19.5 Å². The predicted molar refractivity (Wildman–Crippen MR) is 85.2 cm³/mol. The molecule has 3 N–H and O–H groups in total. The highest BCUT2D eigenvalue weighted by molar-refractivity contribution is 6.03. The number of aliphatic carboxylic acids is 1. The molecule has 0 aromatic carbocycles. The van der Waals surface area contributed by atoms with Crippen LogP contribution in [0.5, 0.6) is 0 Å². The van der Waals surface area contributed by atoms with Gasteiger partial charge in [0.25, 0.3) is 11.5 Å². The number of aromatic nitrogens is 1. The van der Waals surface area contributed by atoms with E-state index in [4.69, 9.17) is 0 Å². The van der Waals surface area contributed by atoms with E-state index in [9.17, 15) is 24.3 Å². The Morgan fingerprint density at radius 3 is 2.42 bits per heavy atom. The summed E-state index contributed by atoms with van der Waals surface area (Å²) >= 11 is 0. The highest BCUT2D eigenvalue weighted by Crippen LogP contribution is 2.34. The number of aromatic amines is 1. The molecule has 0 saturated heterocycles. The molecule has 1 heterocycles. The molecule has 2 aliphatic carbocycles. The molecule has 0 unspecified atom stereocenters. The van der Waals surface area contributed by atoms with Crippen molar-refractivity contribution in [2.75, 3.05) is 0 Å². The number of fused-ring (bicyclic) bond motifs is 1. The quantitative estimate of drug-likeness (QED) is 0.770. The Hall–Kier alpha value is -2.44. The van der Waals surface area contributed by atoms with E-state index in [2.05, 4.69) is 10.3 Å². The van der Waals surface area contributed by atoms with Crippen LogP contribution in [0.4, 0.5) is 0 Å². The average molecular weight is 332 g/mol. The molecule has 0 bridgehead atoms. The Morgan fingerprint density at radius 1 is 1.21 bits per heavy atom. The van der Waals surface area contributed by atoms with Gasteiger partial charge in [-0.05, 0) is 37.2 Å². The van der Waals surface area contributed by atoms with Crippen molar-refractivity contribution in [2.24, 2.45) is 5.41 Å². The second kappa shape index (κ2) is 5.29. The van der Waals surface area contributed by atoms with Crippen LogP contribution in [0, 0.1) is 5.41 Å². The first-order valence-electron chi connectivity index (χ1n) is 7.99. The first-order chi connectivity index (χ1) is 11.1. The third kappa shape index (κ3) is 2.64. The Balaban J connectivity index is 1.94. The summed E-state index contributed by atoms with van der Waals surface area (Å²) < 4.78 is 0. The van der Waals surface area contributed by atoms with Gasteiger partial charge in [0.2, 0.25) is 0 Å². The Kier molecular flexibility index (Phi) is 3.62. The second-order valence-corrected chi connectivity index (χ2v) is 7.54. The van der Waals surface area contributed by atoms with Gasteiger partial charge < -0.3 is 15.4 Å². The zero-order valence-corrected chi connectivity index (χ0v) is 13.7. The van der Waals surface area contributed by atoms with Crippen molar-refractivity contribution in [3.8, 4) is 0 Å². The lowest BCUT2D eigenvalue weighted by molar-refractivity contribution is -0.148. The SMILES string of the molecule is CC1(C)CC(=O)c2cc(C(=O)NC3(C(=O)O)CCC3)c(=O)[nH]c2C1. The Labute approximate surface area is 138 Å². The first kappa shape index (κ1) is 16.4. The highest BCUT2D eigenvalue weighted by Gasteiger charge is 2.46. The van der Waals surface area contributed by atoms with Crippen LogP contribution in [0.25, 0.3) is 0 Å². The molecular formula is C17H20N2O5. The Morgan fingerprint density at radius 2 is 1.88 bits per heavy atom. The van der Waals surface area contributed by atoms with Gasteiger partial charge in [-0.3, -0.25) is 14.4 Å². The minimum absolute atomic E-state index is 0.122. The van der Waals surface area contributed by atoms with Crippen LogP contribution >= 0.6 is 0 Å². The lowest BCUT2D eigenvalue weighted by Gasteiger charge is -2.38. The average Bonchev–Trinajstić information content (AvgIpc) is 2.40. The van der Waals surface area contributed by atoms with Crippen LogP contribution in [0.2, 0.25) is 0 Å². The van der Waals surface area contributed by atoms with Gasteiger partial charge in [0.15, 0.2) is 5.78 Å². The first-order valence-corrected chi connectivity index (χ1v) is 7.99. The summed E-state index contributed by atoms with van der Waals surface area (Å²) in [5, 5.41) is 11.7. The number of nitrogens with one attached hydrogen (secondary N) is 2. The predicted octanol–water partition coefficient (Wildman–Crippen LogP) is 1.27. The van der Waals surface area contributed by atoms with Gasteiger partial charge in [-0.25, -0.2) is 4.79 Å². The molecular weight excluding hydrogens is 312 g/mol. The van der Waals surface area contributed by atoms with Gasteiger partial charge in [-0.1, -0.05) is 13.8 Å². The third-order valence-electron chi connectivity index (χ3n) is 4.93. The van der Waals surface area contributed by atoms with Crippen LogP contribution in [0.3, 0.4) is 0 Å². The summed E-state index contributed by atoms with van der Waals surface area (Å²) in [6.07, 6.45) is 2.27. The van der Waals surface area contributed by atoms with E-state index in [1.807, 2.05) is 13.8 Å². The van der Waals surface area contributed by atoms with Crippen molar-refractivity contribution in [1.82, 2.24) is 10.3 Å². The van der Waals surface area contributed by atoms with Crippen LogP contribution in [0.1, 0.15) is 65.9 Å². The summed E-state index contributed by atoms with van der Waals surface area (Å²) in [6, 6.07) is 1.30. The maximum absolute atomic E-state index is 12.4. The molecule has 0 aliphatic heterocycles. The van der Waals surface area contributed by atoms with E-state index in [0.29, 0.717) is 43.4 Å². The van der Waals surface area contributed by atoms with Crippen molar-refractivity contribution in [3.05, 3.63) is 33.2 Å². The molecule has 0 atom stereocenters. The van der Waals surface area contributed by atoms with Crippen LogP contribution in [-0.4, -0.2) is 33.3 Å². The van der Waals surface area contributed by atoms with E-state index in [0.717, 1.165) is 0 Å². The number of carboxylic acid groups (broad SMARTS) is 1. The summed E-state index contributed by atoms with van der Waals surface area (Å²) in [6.45, 7) is 3.89.